The Hall–Kier alpha value is -1.46. The Kier molecular flexibility index (Phi) is 5.09. The lowest BCUT2D eigenvalue weighted by molar-refractivity contribution is 0.101. The van der Waals surface area contributed by atoms with Crippen LogP contribution in [0.4, 0.5) is 10.1 Å². The number of ether oxygens (including phenoxy) is 1. The maximum atomic E-state index is 14.1. The molecule has 0 unspecified atom stereocenters. The van der Waals surface area contributed by atoms with Crippen molar-refractivity contribution in [1.29, 1.82) is 0 Å². The Labute approximate surface area is 119 Å². The molecule has 0 saturated carbocycles. The van der Waals surface area contributed by atoms with Crippen LogP contribution >= 0.6 is 0 Å². The zero-order valence-electron chi connectivity index (χ0n) is 12.1. The van der Waals surface area contributed by atoms with E-state index in [0.29, 0.717) is 11.3 Å². The van der Waals surface area contributed by atoms with E-state index in [1.807, 2.05) is 4.90 Å². The SMILES string of the molecule is COCCN1CCN(c2ccc(C(C)=O)cc2F)CC1. The average molecular weight is 280 g/mol. The lowest BCUT2D eigenvalue weighted by atomic mass is 10.1. The second kappa shape index (κ2) is 6.81. The first-order chi connectivity index (χ1) is 9.61. The molecule has 20 heavy (non-hydrogen) atoms. The van der Waals surface area contributed by atoms with Crippen LogP contribution in [0.1, 0.15) is 17.3 Å². The first-order valence-corrected chi connectivity index (χ1v) is 6.88. The van der Waals surface area contributed by atoms with Gasteiger partial charge < -0.3 is 9.64 Å². The molecule has 0 amide bonds. The van der Waals surface area contributed by atoms with Crippen LogP contribution in [0.15, 0.2) is 18.2 Å². The van der Waals surface area contributed by atoms with Gasteiger partial charge in [0.15, 0.2) is 5.78 Å². The van der Waals surface area contributed by atoms with Crippen LogP contribution in [0.25, 0.3) is 0 Å². The van der Waals surface area contributed by atoms with Crippen LogP contribution in [-0.4, -0.2) is 57.1 Å². The molecule has 1 fully saturated rings. The molecule has 4 nitrogen and oxygen atoms in total. The number of hydrogen-bond acceptors (Lipinski definition) is 4. The molecule has 0 radical (unpaired) electrons. The van der Waals surface area contributed by atoms with Crippen molar-refractivity contribution in [3.8, 4) is 0 Å². The minimum Gasteiger partial charge on any atom is -0.383 e. The standard InChI is InChI=1S/C15H21FN2O2/c1-12(19)13-3-4-15(14(16)11-13)18-7-5-17(6-8-18)9-10-20-2/h3-4,11H,5-10H2,1-2H3. The molecule has 1 aliphatic rings. The number of rotatable bonds is 5. The van der Waals surface area contributed by atoms with Crippen molar-refractivity contribution in [3.05, 3.63) is 29.6 Å². The highest BCUT2D eigenvalue weighted by molar-refractivity contribution is 5.94. The predicted octanol–water partition coefficient (Wildman–Crippen LogP) is 1.80. The molecule has 0 atom stereocenters. The van der Waals surface area contributed by atoms with Crippen LogP contribution in [0.2, 0.25) is 0 Å². The van der Waals surface area contributed by atoms with Gasteiger partial charge in [-0.3, -0.25) is 9.69 Å². The molecule has 1 heterocycles. The number of carbonyl (C=O) groups excluding carboxylic acids is 1. The summed E-state index contributed by atoms with van der Waals surface area (Å²) in [5, 5.41) is 0. The summed E-state index contributed by atoms with van der Waals surface area (Å²) in [6.45, 7) is 6.47. The van der Waals surface area contributed by atoms with Gasteiger partial charge in [-0.1, -0.05) is 0 Å². The number of carbonyl (C=O) groups is 1. The van der Waals surface area contributed by atoms with E-state index in [4.69, 9.17) is 4.74 Å². The van der Waals surface area contributed by atoms with Crippen LogP contribution in [0, 0.1) is 5.82 Å². The number of ketones is 1. The van der Waals surface area contributed by atoms with Crippen LogP contribution in [-0.2, 0) is 4.74 Å². The fourth-order valence-corrected chi connectivity index (χ4v) is 2.42. The van der Waals surface area contributed by atoms with Gasteiger partial charge in [0.25, 0.3) is 0 Å². The normalized spacial score (nSPS) is 16.4. The Balaban J connectivity index is 1.98. The third kappa shape index (κ3) is 3.55. The molecule has 0 aliphatic carbocycles. The number of piperazine rings is 1. The molecular formula is C15H21FN2O2. The van der Waals surface area contributed by atoms with Gasteiger partial charge in [0.1, 0.15) is 5.82 Å². The highest BCUT2D eigenvalue weighted by Gasteiger charge is 2.19. The Morgan fingerprint density at radius 1 is 1.30 bits per heavy atom. The molecule has 1 saturated heterocycles. The van der Waals surface area contributed by atoms with E-state index in [9.17, 15) is 9.18 Å². The third-order valence-corrected chi connectivity index (χ3v) is 3.68. The lowest BCUT2D eigenvalue weighted by Crippen LogP contribution is -2.47. The Morgan fingerprint density at radius 2 is 2.00 bits per heavy atom. The summed E-state index contributed by atoms with van der Waals surface area (Å²) in [6.07, 6.45) is 0. The number of anilines is 1. The summed E-state index contributed by atoms with van der Waals surface area (Å²) < 4.78 is 19.1. The fraction of sp³-hybridized carbons (Fsp3) is 0.533. The first-order valence-electron chi connectivity index (χ1n) is 6.88. The molecule has 0 aromatic heterocycles. The maximum Gasteiger partial charge on any atom is 0.159 e. The van der Waals surface area contributed by atoms with Crippen molar-refractivity contribution in [2.24, 2.45) is 0 Å². The van der Waals surface area contributed by atoms with E-state index < -0.39 is 0 Å². The maximum absolute atomic E-state index is 14.1. The summed E-state index contributed by atoms with van der Waals surface area (Å²) >= 11 is 0. The van der Waals surface area contributed by atoms with Gasteiger partial charge >= 0.3 is 0 Å². The smallest absolute Gasteiger partial charge is 0.159 e. The van der Waals surface area contributed by atoms with Gasteiger partial charge in [0, 0.05) is 45.4 Å². The molecule has 0 N–H and O–H groups in total. The van der Waals surface area contributed by atoms with Crippen LogP contribution in [0.5, 0.6) is 0 Å². The number of halogens is 1. The van der Waals surface area contributed by atoms with Crippen molar-refractivity contribution in [1.82, 2.24) is 4.90 Å². The van der Waals surface area contributed by atoms with E-state index >= 15 is 0 Å². The highest BCUT2D eigenvalue weighted by atomic mass is 19.1. The largest absolute Gasteiger partial charge is 0.383 e. The molecule has 2 rings (SSSR count). The van der Waals surface area contributed by atoms with E-state index in [-0.39, 0.29) is 11.6 Å². The van der Waals surface area contributed by atoms with Crippen molar-refractivity contribution >= 4 is 11.5 Å². The monoisotopic (exact) mass is 280 g/mol. The summed E-state index contributed by atoms with van der Waals surface area (Å²) in [4.78, 5) is 15.6. The molecule has 0 bridgehead atoms. The van der Waals surface area contributed by atoms with E-state index in [2.05, 4.69) is 4.90 Å². The molecule has 110 valence electrons. The second-order valence-corrected chi connectivity index (χ2v) is 5.04. The van der Waals surface area contributed by atoms with Gasteiger partial charge in [0.05, 0.1) is 12.3 Å². The average Bonchev–Trinajstić information content (AvgIpc) is 2.45. The highest BCUT2D eigenvalue weighted by Crippen LogP contribution is 2.22. The summed E-state index contributed by atoms with van der Waals surface area (Å²) in [5.74, 6) is -0.428. The number of hydrogen-bond donors (Lipinski definition) is 0. The number of nitrogens with zero attached hydrogens (tertiary/aromatic N) is 2. The molecule has 1 aromatic rings. The quantitative estimate of drug-likeness (QED) is 0.770. The number of Topliss-reactive ketones (excluding diaryl/α,β-unsaturated/α-hetero) is 1. The van der Waals surface area contributed by atoms with Crippen LogP contribution < -0.4 is 4.90 Å². The van der Waals surface area contributed by atoms with E-state index in [1.54, 1.807) is 19.2 Å². The molecule has 5 heteroatoms. The van der Waals surface area contributed by atoms with Gasteiger partial charge in [0.2, 0.25) is 0 Å². The van der Waals surface area contributed by atoms with E-state index in [1.165, 1.54) is 13.0 Å². The second-order valence-electron chi connectivity index (χ2n) is 5.04. The predicted molar refractivity (Wildman–Crippen MR) is 76.9 cm³/mol. The van der Waals surface area contributed by atoms with Gasteiger partial charge in [-0.05, 0) is 25.1 Å². The van der Waals surface area contributed by atoms with Gasteiger partial charge in [-0.25, -0.2) is 4.39 Å². The molecular weight excluding hydrogens is 259 g/mol. The van der Waals surface area contributed by atoms with E-state index in [0.717, 1.165) is 39.3 Å². The number of benzene rings is 1. The first kappa shape index (κ1) is 14.9. The van der Waals surface area contributed by atoms with Crippen molar-refractivity contribution < 1.29 is 13.9 Å². The van der Waals surface area contributed by atoms with Gasteiger partial charge in [-0.15, -0.1) is 0 Å². The minimum absolute atomic E-state index is 0.111. The Morgan fingerprint density at radius 3 is 2.55 bits per heavy atom. The van der Waals surface area contributed by atoms with Gasteiger partial charge in [-0.2, -0.15) is 0 Å². The lowest BCUT2D eigenvalue weighted by Gasteiger charge is -2.36. The molecule has 0 spiro atoms. The van der Waals surface area contributed by atoms with Crippen molar-refractivity contribution in [2.45, 2.75) is 6.92 Å². The van der Waals surface area contributed by atoms with Crippen molar-refractivity contribution in [3.63, 3.8) is 0 Å². The third-order valence-electron chi connectivity index (χ3n) is 3.68. The zero-order valence-corrected chi connectivity index (χ0v) is 12.1. The summed E-state index contributed by atoms with van der Waals surface area (Å²) in [7, 11) is 1.70. The number of methoxy groups -OCH3 is 1. The topological polar surface area (TPSA) is 32.8 Å². The fourth-order valence-electron chi connectivity index (χ4n) is 2.42. The molecule has 1 aliphatic heterocycles. The van der Waals surface area contributed by atoms with Crippen LogP contribution in [0.3, 0.4) is 0 Å². The minimum atomic E-state index is -0.317. The van der Waals surface area contributed by atoms with Crippen molar-refractivity contribution in [2.75, 3.05) is 51.3 Å². The summed E-state index contributed by atoms with van der Waals surface area (Å²) in [6, 6.07) is 4.73. The summed E-state index contributed by atoms with van der Waals surface area (Å²) in [5.41, 5.74) is 1.01. The molecule has 1 aromatic carbocycles. The Bertz CT molecular complexity index is 471. The zero-order chi connectivity index (χ0) is 14.5.